The Bertz CT molecular complexity index is 772. The summed E-state index contributed by atoms with van der Waals surface area (Å²) in [6.07, 6.45) is 2.80. The van der Waals surface area contributed by atoms with Crippen molar-refractivity contribution >= 4 is 23.4 Å². The van der Waals surface area contributed by atoms with Crippen molar-refractivity contribution in [3.05, 3.63) is 53.1 Å². The Morgan fingerprint density at radius 3 is 2.16 bits per heavy atom. The number of carbonyl (C=O) groups is 2. The minimum Gasteiger partial charge on any atom is -0.494 e. The first kappa shape index (κ1) is 30.6. The predicted octanol–water partition coefficient (Wildman–Crippen LogP) is 4.71. The summed E-state index contributed by atoms with van der Waals surface area (Å²) in [4.78, 5) is 33.9. The van der Waals surface area contributed by atoms with Gasteiger partial charge in [0, 0.05) is 19.2 Å². The summed E-state index contributed by atoms with van der Waals surface area (Å²) in [5.74, 6) is -0.573. The summed E-state index contributed by atoms with van der Waals surface area (Å²) < 4.78 is 14.8. The fourth-order valence-corrected chi connectivity index (χ4v) is 2.10. The van der Waals surface area contributed by atoms with Crippen LogP contribution in [-0.2, 0) is 9.47 Å². The van der Waals surface area contributed by atoms with Gasteiger partial charge in [-0.1, -0.05) is 26.0 Å². The zero-order valence-electron chi connectivity index (χ0n) is 19.9. The number of benzene rings is 1. The number of ether oxygens (including phenoxy) is 3. The number of nitro benzene ring substituents is 1. The van der Waals surface area contributed by atoms with Crippen molar-refractivity contribution in [3.63, 3.8) is 0 Å². The van der Waals surface area contributed by atoms with Crippen LogP contribution in [0, 0.1) is 10.1 Å². The lowest BCUT2D eigenvalue weighted by Crippen LogP contribution is -2.32. The molecule has 180 valence electrons. The van der Waals surface area contributed by atoms with E-state index in [1.807, 2.05) is 13.8 Å². The van der Waals surface area contributed by atoms with Crippen LogP contribution in [0.3, 0.4) is 0 Å². The van der Waals surface area contributed by atoms with Gasteiger partial charge in [-0.05, 0) is 26.8 Å². The van der Waals surface area contributed by atoms with Crippen LogP contribution in [-0.4, -0.2) is 49.9 Å². The molecule has 0 saturated carbocycles. The topological polar surface area (TPSA) is 129 Å². The second-order valence-electron chi connectivity index (χ2n) is 6.56. The minimum atomic E-state index is -0.707. The van der Waals surface area contributed by atoms with E-state index >= 15 is 0 Å². The maximum atomic E-state index is 11.7. The average Bonchev–Trinajstić information content (AvgIpc) is 2.76. The summed E-state index contributed by atoms with van der Waals surface area (Å²) in [6, 6.07) is 2.47. The van der Waals surface area contributed by atoms with Gasteiger partial charge in [0.2, 0.25) is 0 Å². The molecule has 0 fully saturated rings. The van der Waals surface area contributed by atoms with Crippen molar-refractivity contribution in [2.75, 3.05) is 32.6 Å². The summed E-state index contributed by atoms with van der Waals surface area (Å²) >= 11 is 0. The molecule has 1 aromatic carbocycles. The molecule has 0 atom stereocenters. The van der Waals surface area contributed by atoms with Crippen LogP contribution in [0.25, 0.3) is 0 Å². The van der Waals surface area contributed by atoms with E-state index in [-0.39, 0.29) is 35.8 Å². The molecular weight excluding hydrogens is 418 g/mol. The lowest BCUT2D eigenvalue weighted by Gasteiger charge is -2.19. The molecule has 0 saturated heterocycles. The standard InChI is InChI=1S/C18H25N3O7.C2H6.C2H4/c1-18(2,3)28-17(23)20-9-7-6-8-19-15-13(21(24)25)10-12(16(22)27-5)11-14(15)26-4;2*1-2/h6-7,10-11,19H,8-9H2,1-5H3,(H,20,23);1-2H3;1-2H2/b7-6+;;. The first-order valence-corrected chi connectivity index (χ1v) is 9.89. The van der Waals surface area contributed by atoms with Crippen LogP contribution in [0.5, 0.6) is 5.75 Å². The van der Waals surface area contributed by atoms with Crippen LogP contribution >= 0.6 is 0 Å². The van der Waals surface area contributed by atoms with Crippen molar-refractivity contribution in [1.82, 2.24) is 5.32 Å². The first-order valence-electron chi connectivity index (χ1n) is 9.89. The number of amides is 1. The molecule has 1 amide bonds. The molecular formula is C22H35N3O7. The highest BCUT2D eigenvalue weighted by Crippen LogP contribution is 2.36. The molecule has 0 spiro atoms. The van der Waals surface area contributed by atoms with Crippen molar-refractivity contribution in [2.24, 2.45) is 0 Å². The van der Waals surface area contributed by atoms with Crippen molar-refractivity contribution in [3.8, 4) is 5.75 Å². The molecule has 2 N–H and O–H groups in total. The van der Waals surface area contributed by atoms with E-state index in [0.717, 1.165) is 6.07 Å². The van der Waals surface area contributed by atoms with Gasteiger partial charge < -0.3 is 24.8 Å². The number of nitrogens with one attached hydrogen (secondary N) is 2. The highest BCUT2D eigenvalue weighted by Gasteiger charge is 2.23. The van der Waals surface area contributed by atoms with Crippen LogP contribution in [0.15, 0.2) is 37.4 Å². The molecule has 0 aromatic heterocycles. The van der Waals surface area contributed by atoms with E-state index in [1.54, 1.807) is 32.9 Å². The second-order valence-corrected chi connectivity index (χ2v) is 6.56. The fourth-order valence-electron chi connectivity index (χ4n) is 2.10. The van der Waals surface area contributed by atoms with Crippen molar-refractivity contribution < 1.29 is 28.7 Å². The number of hydrogen-bond donors (Lipinski definition) is 2. The SMILES string of the molecule is C=C.CC.COC(=O)c1cc(OC)c(NC/C=C/CNC(=O)OC(C)(C)C)c([N+](=O)[O-])c1. The highest BCUT2D eigenvalue weighted by atomic mass is 16.6. The number of alkyl carbamates (subject to hydrolysis) is 1. The number of hydrogen-bond acceptors (Lipinski definition) is 8. The summed E-state index contributed by atoms with van der Waals surface area (Å²) in [5, 5.41) is 16.8. The van der Waals surface area contributed by atoms with E-state index in [4.69, 9.17) is 9.47 Å². The van der Waals surface area contributed by atoms with Gasteiger partial charge in [0.15, 0.2) is 5.69 Å². The third-order valence-electron chi connectivity index (χ3n) is 3.25. The Labute approximate surface area is 189 Å². The Balaban J connectivity index is 0. The van der Waals surface area contributed by atoms with Crippen molar-refractivity contribution in [1.29, 1.82) is 0 Å². The lowest BCUT2D eigenvalue weighted by molar-refractivity contribution is -0.384. The molecule has 1 aromatic rings. The van der Waals surface area contributed by atoms with Gasteiger partial charge in [-0.15, -0.1) is 13.2 Å². The molecule has 0 unspecified atom stereocenters. The third-order valence-corrected chi connectivity index (χ3v) is 3.25. The first-order chi connectivity index (χ1) is 15.1. The summed E-state index contributed by atoms with van der Waals surface area (Å²) in [7, 11) is 2.52. The molecule has 0 aliphatic carbocycles. The van der Waals surface area contributed by atoms with E-state index in [1.165, 1.54) is 20.3 Å². The monoisotopic (exact) mass is 453 g/mol. The summed E-state index contributed by atoms with van der Waals surface area (Å²) in [6.45, 7) is 15.7. The van der Waals surface area contributed by atoms with Crippen LogP contribution in [0.1, 0.15) is 45.0 Å². The van der Waals surface area contributed by atoms with E-state index in [0.29, 0.717) is 0 Å². The molecule has 0 radical (unpaired) electrons. The van der Waals surface area contributed by atoms with Crippen LogP contribution in [0.2, 0.25) is 0 Å². The highest BCUT2D eigenvalue weighted by molar-refractivity contribution is 5.93. The predicted molar refractivity (Wildman–Crippen MR) is 125 cm³/mol. The van der Waals surface area contributed by atoms with E-state index < -0.39 is 22.6 Å². The Kier molecular flexibility index (Phi) is 15.5. The van der Waals surface area contributed by atoms with Gasteiger partial charge in [-0.3, -0.25) is 10.1 Å². The van der Waals surface area contributed by atoms with Gasteiger partial charge in [0.05, 0.1) is 24.7 Å². The summed E-state index contributed by atoms with van der Waals surface area (Å²) in [5.41, 5.74) is -0.764. The number of nitro groups is 1. The zero-order valence-corrected chi connectivity index (χ0v) is 19.9. The molecule has 0 heterocycles. The zero-order chi connectivity index (χ0) is 25.3. The maximum Gasteiger partial charge on any atom is 0.407 e. The molecule has 10 nitrogen and oxygen atoms in total. The lowest BCUT2D eigenvalue weighted by atomic mass is 10.1. The Hall–Kier alpha value is -3.56. The van der Waals surface area contributed by atoms with Crippen LogP contribution in [0.4, 0.5) is 16.2 Å². The minimum absolute atomic E-state index is 0.00806. The average molecular weight is 454 g/mol. The third kappa shape index (κ3) is 11.6. The van der Waals surface area contributed by atoms with Crippen molar-refractivity contribution in [2.45, 2.75) is 40.2 Å². The number of carbonyl (C=O) groups excluding carboxylic acids is 2. The van der Waals surface area contributed by atoms with Gasteiger partial charge in [-0.2, -0.15) is 0 Å². The van der Waals surface area contributed by atoms with Gasteiger partial charge in [0.25, 0.3) is 5.69 Å². The largest absolute Gasteiger partial charge is 0.494 e. The number of esters is 1. The Morgan fingerprint density at radius 1 is 1.12 bits per heavy atom. The van der Waals surface area contributed by atoms with Gasteiger partial charge >= 0.3 is 12.1 Å². The quantitative estimate of drug-likeness (QED) is 0.250. The fraction of sp³-hybridized carbons (Fsp3) is 0.455. The maximum absolute atomic E-state index is 11.7. The molecule has 0 aliphatic heterocycles. The second kappa shape index (κ2) is 16.2. The van der Waals surface area contributed by atoms with E-state index in [9.17, 15) is 19.7 Å². The molecule has 0 aliphatic rings. The number of nitrogens with zero attached hydrogens (tertiary/aromatic N) is 1. The molecule has 1 rings (SSSR count). The normalized spacial score (nSPS) is 9.97. The van der Waals surface area contributed by atoms with Gasteiger partial charge in [-0.25, -0.2) is 9.59 Å². The van der Waals surface area contributed by atoms with E-state index in [2.05, 4.69) is 28.5 Å². The molecule has 0 bridgehead atoms. The molecule has 32 heavy (non-hydrogen) atoms. The Morgan fingerprint density at radius 2 is 1.69 bits per heavy atom. The smallest absolute Gasteiger partial charge is 0.407 e. The molecule has 10 heteroatoms. The number of rotatable bonds is 8. The van der Waals surface area contributed by atoms with Crippen LogP contribution < -0.4 is 15.4 Å². The van der Waals surface area contributed by atoms with Gasteiger partial charge in [0.1, 0.15) is 11.4 Å². The number of methoxy groups -OCH3 is 2. The number of anilines is 1.